The van der Waals surface area contributed by atoms with E-state index in [4.69, 9.17) is 0 Å². The minimum absolute atomic E-state index is 0. The highest BCUT2D eigenvalue weighted by Crippen LogP contribution is 2.19. The third-order valence-electron chi connectivity index (χ3n) is 4.79. The molecule has 1 heterocycles. The molecular formula is C20H34F2IN5O2. The van der Waals surface area contributed by atoms with Crippen LogP contribution in [0.4, 0.5) is 8.78 Å². The second-order valence-electron chi connectivity index (χ2n) is 7.11. The Labute approximate surface area is 194 Å². The first-order valence-corrected chi connectivity index (χ1v) is 10.1. The molecule has 1 aromatic rings. The van der Waals surface area contributed by atoms with Gasteiger partial charge in [0.2, 0.25) is 0 Å². The van der Waals surface area contributed by atoms with Crippen molar-refractivity contribution in [3.05, 3.63) is 29.8 Å². The van der Waals surface area contributed by atoms with Crippen LogP contribution < -0.4 is 15.4 Å². The molecule has 1 aromatic carbocycles. The number of alkyl halides is 2. The van der Waals surface area contributed by atoms with Crippen LogP contribution in [-0.4, -0.2) is 86.9 Å². The van der Waals surface area contributed by atoms with Crippen molar-refractivity contribution in [2.24, 2.45) is 4.99 Å². The maximum absolute atomic E-state index is 12.2. The molecule has 3 N–H and O–H groups in total. The van der Waals surface area contributed by atoms with Gasteiger partial charge in [0.1, 0.15) is 5.75 Å². The molecule has 10 heteroatoms. The van der Waals surface area contributed by atoms with Gasteiger partial charge in [0.05, 0.1) is 12.6 Å². The molecule has 1 saturated heterocycles. The van der Waals surface area contributed by atoms with Crippen molar-refractivity contribution in [2.45, 2.75) is 26.1 Å². The lowest BCUT2D eigenvalue weighted by Crippen LogP contribution is -2.42. The summed E-state index contributed by atoms with van der Waals surface area (Å²) in [5.74, 6) is 0.713. The molecule has 30 heavy (non-hydrogen) atoms. The van der Waals surface area contributed by atoms with Crippen molar-refractivity contribution >= 4 is 29.9 Å². The van der Waals surface area contributed by atoms with Gasteiger partial charge in [0.15, 0.2) is 5.96 Å². The highest BCUT2D eigenvalue weighted by atomic mass is 127. The molecule has 0 amide bonds. The summed E-state index contributed by atoms with van der Waals surface area (Å²) in [6, 6.07) is 5.95. The molecule has 0 radical (unpaired) electrons. The zero-order valence-corrected chi connectivity index (χ0v) is 20.0. The van der Waals surface area contributed by atoms with E-state index in [9.17, 15) is 13.9 Å². The first kappa shape index (κ1) is 26.8. The first-order chi connectivity index (χ1) is 14.0. The number of nitrogens with zero attached hydrogens (tertiary/aromatic N) is 3. The van der Waals surface area contributed by atoms with E-state index in [1.54, 1.807) is 12.1 Å². The summed E-state index contributed by atoms with van der Waals surface area (Å²) < 4.78 is 28.7. The number of hydrogen-bond acceptors (Lipinski definition) is 5. The minimum Gasteiger partial charge on any atom is -0.435 e. The number of benzene rings is 1. The van der Waals surface area contributed by atoms with Gasteiger partial charge in [-0.15, -0.1) is 24.0 Å². The van der Waals surface area contributed by atoms with Crippen LogP contribution in [0, 0.1) is 0 Å². The largest absolute Gasteiger partial charge is 0.435 e. The van der Waals surface area contributed by atoms with E-state index in [-0.39, 0.29) is 36.3 Å². The molecule has 0 bridgehead atoms. The van der Waals surface area contributed by atoms with Gasteiger partial charge in [-0.2, -0.15) is 8.78 Å². The molecule has 0 spiro atoms. The number of aliphatic imine (C=N–C) groups is 1. The van der Waals surface area contributed by atoms with Gasteiger partial charge in [0.25, 0.3) is 0 Å². The standard InChI is InChI=1S/C20H33F2N5O2.HI/c1-3-23-20(24-9-12-27-11-4-10-26(2)13-14-27)25-15-18(28)16-5-7-17(8-6-16)29-19(21)22;/h5-8,18-19,28H,3-4,9-15H2,1-2H3,(H2,23,24,25);1H. The molecule has 1 fully saturated rings. The van der Waals surface area contributed by atoms with Crippen molar-refractivity contribution in [1.82, 2.24) is 20.4 Å². The number of aliphatic hydroxyl groups is 1. The van der Waals surface area contributed by atoms with Crippen molar-refractivity contribution in [2.75, 3.05) is 59.4 Å². The number of aliphatic hydroxyl groups excluding tert-OH is 1. The van der Waals surface area contributed by atoms with E-state index >= 15 is 0 Å². The predicted molar refractivity (Wildman–Crippen MR) is 126 cm³/mol. The normalized spacial score (nSPS) is 17.2. The Morgan fingerprint density at radius 2 is 1.90 bits per heavy atom. The van der Waals surface area contributed by atoms with Crippen LogP contribution in [0.25, 0.3) is 0 Å². The lowest BCUT2D eigenvalue weighted by Gasteiger charge is -2.21. The Morgan fingerprint density at radius 1 is 1.17 bits per heavy atom. The molecule has 1 atom stereocenters. The Balaban J connectivity index is 0.00000450. The Morgan fingerprint density at radius 3 is 2.57 bits per heavy atom. The summed E-state index contributed by atoms with van der Waals surface area (Å²) >= 11 is 0. The quantitative estimate of drug-likeness (QED) is 0.253. The lowest BCUT2D eigenvalue weighted by atomic mass is 10.1. The van der Waals surface area contributed by atoms with Crippen LogP contribution >= 0.6 is 24.0 Å². The molecule has 172 valence electrons. The van der Waals surface area contributed by atoms with Crippen molar-refractivity contribution in [1.29, 1.82) is 0 Å². The second-order valence-corrected chi connectivity index (χ2v) is 7.11. The van der Waals surface area contributed by atoms with Crippen LogP contribution in [0.15, 0.2) is 29.3 Å². The van der Waals surface area contributed by atoms with Gasteiger partial charge in [-0.05, 0) is 51.2 Å². The summed E-state index contributed by atoms with van der Waals surface area (Å²) in [6.07, 6.45) is 0.352. The average Bonchev–Trinajstić information content (AvgIpc) is 2.90. The molecule has 0 aromatic heterocycles. The topological polar surface area (TPSA) is 72.4 Å². The summed E-state index contributed by atoms with van der Waals surface area (Å²) in [5.41, 5.74) is 0.597. The maximum Gasteiger partial charge on any atom is 0.387 e. The number of halogens is 3. The number of rotatable bonds is 9. The van der Waals surface area contributed by atoms with Crippen LogP contribution in [0.3, 0.4) is 0 Å². The van der Waals surface area contributed by atoms with Crippen molar-refractivity contribution in [3.63, 3.8) is 0 Å². The fourth-order valence-corrected chi connectivity index (χ4v) is 3.15. The maximum atomic E-state index is 12.2. The molecule has 0 aliphatic carbocycles. The SMILES string of the molecule is CCNC(=NCC(O)c1ccc(OC(F)F)cc1)NCCN1CCCN(C)CC1.I. The summed E-state index contributed by atoms with van der Waals surface area (Å²) in [6.45, 7) is 6.11. The molecule has 7 nitrogen and oxygen atoms in total. The van der Waals surface area contributed by atoms with Crippen LogP contribution in [0.2, 0.25) is 0 Å². The molecule has 1 unspecified atom stereocenters. The fourth-order valence-electron chi connectivity index (χ4n) is 3.15. The first-order valence-electron chi connectivity index (χ1n) is 10.1. The van der Waals surface area contributed by atoms with E-state index in [1.165, 1.54) is 18.6 Å². The highest BCUT2D eigenvalue weighted by molar-refractivity contribution is 14.0. The third kappa shape index (κ3) is 10.2. The van der Waals surface area contributed by atoms with Gasteiger partial charge in [-0.1, -0.05) is 12.1 Å². The fraction of sp³-hybridized carbons (Fsp3) is 0.650. The van der Waals surface area contributed by atoms with Crippen LogP contribution in [0.1, 0.15) is 25.0 Å². The zero-order valence-electron chi connectivity index (χ0n) is 17.7. The molecule has 1 aliphatic rings. The summed E-state index contributed by atoms with van der Waals surface area (Å²) in [7, 11) is 2.16. The smallest absolute Gasteiger partial charge is 0.387 e. The minimum atomic E-state index is -2.86. The van der Waals surface area contributed by atoms with Gasteiger partial charge in [0, 0.05) is 32.7 Å². The molecule has 2 rings (SSSR count). The van der Waals surface area contributed by atoms with E-state index in [1.807, 2.05) is 6.92 Å². The number of hydrogen-bond donors (Lipinski definition) is 3. The predicted octanol–water partition coefficient (Wildman–Crippen LogP) is 2.13. The molecule has 1 aliphatic heterocycles. The van der Waals surface area contributed by atoms with Crippen molar-refractivity contribution < 1.29 is 18.6 Å². The second kappa shape index (κ2) is 14.7. The Kier molecular flexibility index (Phi) is 13.1. The number of likely N-dealkylation sites (N-methyl/N-ethyl adjacent to an activating group) is 1. The van der Waals surface area contributed by atoms with E-state index < -0.39 is 12.7 Å². The summed E-state index contributed by atoms with van der Waals surface area (Å²) in [5, 5.41) is 16.8. The third-order valence-corrected chi connectivity index (χ3v) is 4.79. The highest BCUT2D eigenvalue weighted by Gasteiger charge is 2.12. The Hall–Kier alpha value is -1.24. The zero-order chi connectivity index (χ0) is 21.1. The lowest BCUT2D eigenvalue weighted by molar-refractivity contribution is -0.0498. The van der Waals surface area contributed by atoms with E-state index in [0.717, 1.165) is 45.8 Å². The van der Waals surface area contributed by atoms with Crippen LogP contribution in [0.5, 0.6) is 5.75 Å². The monoisotopic (exact) mass is 541 g/mol. The number of guanidine groups is 1. The average molecular weight is 541 g/mol. The number of ether oxygens (including phenoxy) is 1. The van der Waals surface area contributed by atoms with Crippen LogP contribution in [-0.2, 0) is 0 Å². The van der Waals surface area contributed by atoms with Gasteiger partial charge >= 0.3 is 6.61 Å². The van der Waals surface area contributed by atoms with E-state index in [0.29, 0.717) is 11.5 Å². The molecular weight excluding hydrogens is 507 g/mol. The molecule has 0 saturated carbocycles. The number of nitrogens with one attached hydrogen (secondary N) is 2. The van der Waals surface area contributed by atoms with Gasteiger partial charge in [-0.3, -0.25) is 4.99 Å². The van der Waals surface area contributed by atoms with Gasteiger partial charge < -0.3 is 30.3 Å². The Bertz CT molecular complexity index is 622. The van der Waals surface area contributed by atoms with Crippen molar-refractivity contribution in [3.8, 4) is 5.75 Å². The van der Waals surface area contributed by atoms with Gasteiger partial charge in [-0.25, -0.2) is 0 Å². The summed E-state index contributed by atoms with van der Waals surface area (Å²) in [4.78, 5) is 9.24. The van der Waals surface area contributed by atoms with E-state index in [2.05, 4.69) is 37.2 Å².